The van der Waals surface area contributed by atoms with Crippen LogP contribution in [0.25, 0.3) is 11.5 Å². The first kappa shape index (κ1) is 25.5. The zero-order valence-corrected chi connectivity index (χ0v) is 22.4. The summed E-state index contributed by atoms with van der Waals surface area (Å²) in [6.45, 7) is 11.0. The van der Waals surface area contributed by atoms with E-state index in [2.05, 4.69) is 55.0 Å². The van der Waals surface area contributed by atoms with Crippen LogP contribution in [0.2, 0.25) is 0 Å². The lowest BCUT2D eigenvalue weighted by Gasteiger charge is -2.55. The third-order valence-electron chi connectivity index (χ3n) is 8.26. The summed E-state index contributed by atoms with van der Waals surface area (Å²) in [6, 6.07) is 10.2. The van der Waals surface area contributed by atoms with Crippen LogP contribution in [-0.2, 0) is 10.4 Å². The molecule has 1 amide bonds. The Morgan fingerprint density at radius 2 is 1.81 bits per heavy atom. The van der Waals surface area contributed by atoms with Crippen molar-refractivity contribution < 1.29 is 14.4 Å². The fraction of sp³-hybridized carbons (Fsp3) is 0.517. The number of carbonyl (C=O) groups is 1. The van der Waals surface area contributed by atoms with Gasteiger partial charge < -0.3 is 19.4 Å². The molecule has 1 atom stereocenters. The minimum Gasteiger partial charge on any atom is -0.380 e. The van der Waals surface area contributed by atoms with Gasteiger partial charge in [-0.3, -0.25) is 9.78 Å². The molecule has 1 unspecified atom stereocenters. The quantitative estimate of drug-likeness (QED) is 0.539. The minimum atomic E-state index is -1.24. The van der Waals surface area contributed by atoms with Crippen molar-refractivity contribution in [3.8, 4) is 11.5 Å². The number of piperidine rings is 1. The van der Waals surface area contributed by atoms with Crippen molar-refractivity contribution in [2.75, 3.05) is 33.2 Å². The van der Waals surface area contributed by atoms with Crippen LogP contribution in [0.4, 0.5) is 0 Å². The predicted molar refractivity (Wildman–Crippen MR) is 141 cm³/mol. The Bertz CT molecular complexity index is 1260. The van der Waals surface area contributed by atoms with E-state index in [4.69, 9.17) is 9.51 Å². The van der Waals surface area contributed by atoms with Crippen molar-refractivity contribution in [2.24, 2.45) is 5.41 Å². The number of hydrogen-bond acceptors (Lipinski definition) is 7. The maximum Gasteiger partial charge on any atom is 0.259 e. The number of carbonyl (C=O) groups excluding carboxylic acids is 1. The topological polar surface area (TPSA) is 95.6 Å². The summed E-state index contributed by atoms with van der Waals surface area (Å²) in [5.41, 5.74) is 1.88. The van der Waals surface area contributed by atoms with Gasteiger partial charge in [0, 0.05) is 62.4 Å². The first-order valence-electron chi connectivity index (χ1n) is 13.2. The van der Waals surface area contributed by atoms with Gasteiger partial charge in [-0.25, -0.2) is 0 Å². The number of benzene rings is 1. The number of nitrogens with zero attached hydrogens (tertiary/aromatic N) is 5. The number of hydrogen-bond donors (Lipinski definition) is 1. The molecule has 1 N–H and O–H groups in total. The second kappa shape index (κ2) is 9.65. The maximum atomic E-state index is 12.5. The van der Waals surface area contributed by atoms with Gasteiger partial charge in [0.1, 0.15) is 5.60 Å². The molecule has 2 saturated heterocycles. The first-order chi connectivity index (χ1) is 17.6. The fourth-order valence-electron chi connectivity index (χ4n) is 6.07. The molecular weight excluding hydrogens is 466 g/mol. The molecule has 196 valence electrons. The summed E-state index contributed by atoms with van der Waals surface area (Å²) in [7, 11) is 2.07. The molecule has 3 aromatic rings. The van der Waals surface area contributed by atoms with E-state index in [0.717, 1.165) is 31.5 Å². The molecule has 0 bridgehead atoms. The molecule has 8 nitrogen and oxygen atoms in total. The summed E-state index contributed by atoms with van der Waals surface area (Å²) in [4.78, 5) is 24.9. The minimum absolute atomic E-state index is 0.104. The summed E-state index contributed by atoms with van der Waals surface area (Å²) in [5, 5.41) is 16.7. The Morgan fingerprint density at radius 1 is 1.14 bits per heavy atom. The third kappa shape index (κ3) is 4.57. The second-order valence-electron chi connectivity index (χ2n) is 11.4. The van der Waals surface area contributed by atoms with Crippen molar-refractivity contribution in [1.29, 1.82) is 0 Å². The van der Waals surface area contributed by atoms with Gasteiger partial charge in [-0.05, 0) is 43.0 Å². The number of aliphatic hydroxyl groups is 1. The molecule has 0 radical (unpaired) electrons. The van der Waals surface area contributed by atoms with Crippen LogP contribution in [0, 0.1) is 5.41 Å². The molecule has 2 aliphatic rings. The first-order valence-corrected chi connectivity index (χ1v) is 13.2. The fourth-order valence-corrected chi connectivity index (χ4v) is 6.07. The monoisotopic (exact) mass is 503 g/mol. The Kier molecular flexibility index (Phi) is 6.66. The second-order valence-corrected chi connectivity index (χ2v) is 11.4. The van der Waals surface area contributed by atoms with E-state index in [1.807, 2.05) is 23.1 Å². The lowest BCUT2D eigenvalue weighted by Crippen LogP contribution is -2.63. The van der Waals surface area contributed by atoms with Gasteiger partial charge in [0.05, 0.1) is 5.56 Å². The van der Waals surface area contributed by atoms with Gasteiger partial charge in [0.2, 0.25) is 5.91 Å². The van der Waals surface area contributed by atoms with Crippen molar-refractivity contribution in [3.05, 3.63) is 65.2 Å². The maximum absolute atomic E-state index is 12.5. The molecule has 5 rings (SSSR count). The zero-order chi connectivity index (χ0) is 26.4. The van der Waals surface area contributed by atoms with Crippen LogP contribution < -0.4 is 0 Å². The molecule has 2 aromatic heterocycles. The van der Waals surface area contributed by atoms with Crippen molar-refractivity contribution in [1.82, 2.24) is 24.9 Å². The van der Waals surface area contributed by atoms with E-state index < -0.39 is 5.60 Å². The van der Waals surface area contributed by atoms with Gasteiger partial charge in [-0.15, -0.1) is 0 Å². The molecule has 1 aromatic carbocycles. The Hall–Kier alpha value is -3.10. The number of aromatic nitrogens is 3. The van der Waals surface area contributed by atoms with Crippen LogP contribution in [0.1, 0.15) is 74.9 Å². The van der Waals surface area contributed by atoms with Gasteiger partial charge in [0.25, 0.3) is 5.89 Å². The van der Waals surface area contributed by atoms with E-state index >= 15 is 0 Å². The van der Waals surface area contributed by atoms with Crippen LogP contribution in [0.15, 0.2) is 47.2 Å². The molecular formula is C29H37N5O3. The third-order valence-corrected chi connectivity index (χ3v) is 8.26. The molecule has 0 spiro atoms. The molecule has 2 fully saturated rings. The van der Waals surface area contributed by atoms with Gasteiger partial charge >= 0.3 is 0 Å². The number of amides is 1. The zero-order valence-electron chi connectivity index (χ0n) is 22.4. The van der Waals surface area contributed by atoms with E-state index in [-0.39, 0.29) is 17.2 Å². The van der Waals surface area contributed by atoms with E-state index in [0.29, 0.717) is 41.8 Å². The molecule has 8 heteroatoms. The highest BCUT2D eigenvalue weighted by Gasteiger charge is 2.55. The molecule has 2 aliphatic heterocycles. The number of pyridine rings is 1. The normalized spacial score (nSPS) is 20.0. The highest BCUT2D eigenvalue weighted by atomic mass is 16.5. The Balaban J connectivity index is 1.46. The van der Waals surface area contributed by atoms with Crippen LogP contribution >= 0.6 is 0 Å². The van der Waals surface area contributed by atoms with Crippen LogP contribution in [0.3, 0.4) is 0 Å². The summed E-state index contributed by atoms with van der Waals surface area (Å²) in [5.74, 6) is 1.74. The van der Waals surface area contributed by atoms with Crippen molar-refractivity contribution >= 4 is 5.91 Å². The molecule has 0 aliphatic carbocycles. The van der Waals surface area contributed by atoms with Gasteiger partial charge in [0.15, 0.2) is 5.82 Å². The summed E-state index contributed by atoms with van der Waals surface area (Å²) >= 11 is 0. The summed E-state index contributed by atoms with van der Waals surface area (Å²) in [6.07, 6.45) is 5.08. The van der Waals surface area contributed by atoms with Gasteiger partial charge in [-0.2, -0.15) is 4.98 Å². The Morgan fingerprint density at radius 3 is 2.41 bits per heavy atom. The largest absolute Gasteiger partial charge is 0.380 e. The standard InChI is InChI=1S/C29H37N5O3/c1-19(2)21-6-8-24(9-7-21)29(36,28(4)17-33(5)18-28)25-14-23(15-30-16-25)27-31-26(32-37-27)22-10-12-34(13-11-22)20(3)35/h6-9,14-16,19,22,36H,10-13,17-18H2,1-5H3. The van der Waals surface area contributed by atoms with E-state index in [1.54, 1.807) is 19.3 Å². The average Bonchev–Trinajstić information content (AvgIpc) is 3.38. The van der Waals surface area contributed by atoms with E-state index in [1.165, 1.54) is 5.56 Å². The van der Waals surface area contributed by atoms with Crippen molar-refractivity contribution in [2.45, 2.75) is 58.0 Å². The Labute approximate surface area is 218 Å². The molecule has 4 heterocycles. The number of likely N-dealkylation sites (tertiary alicyclic amines) is 2. The lowest BCUT2D eigenvalue weighted by molar-refractivity contribution is -0.129. The average molecular weight is 504 g/mol. The predicted octanol–water partition coefficient (Wildman–Crippen LogP) is 4.17. The lowest BCUT2D eigenvalue weighted by atomic mass is 9.62. The highest BCUT2D eigenvalue weighted by Crippen LogP contribution is 2.50. The van der Waals surface area contributed by atoms with Gasteiger partial charge in [-0.1, -0.05) is 50.2 Å². The van der Waals surface area contributed by atoms with Crippen LogP contribution in [0.5, 0.6) is 0 Å². The smallest absolute Gasteiger partial charge is 0.259 e. The summed E-state index contributed by atoms with van der Waals surface area (Å²) < 4.78 is 5.67. The van der Waals surface area contributed by atoms with Crippen molar-refractivity contribution in [3.63, 3.8) is 0 Å². The SMILES string of the molecule is CC(=O)N1CCC(c2noc(-c3cncc(C(O)(c4ccc(C(C)C)cc4)C4(C)CN(C)C4)c3)n2)CC1. The highest BCUT2D eigenvalue weighted by molar-refractivity contribution is 5.73. The number of rotatable bonds is 6. The van der Waals surface area contributed by atoms with Crippen LogP contribution in [-0.4, -0.2) is 69.2 Å². The molecule has 37 heavy (non-hydrogen) atoms. The molecule has 0 saturated carbocycles. The van der Waals surface area contributed by atoms with E-state index in [9.17, 15) is 9.90 Å².